The van der Waals surface area contributed by atoms with E-state index < -0.39 is 34.9 Å². The molecule has 0 saturated carbocycles. The van der Waals surface area contributed by atoms with Crippen molar-refractivity contribution >= 4 is 27.7 Å². The van der Waals surface area contributed by atoms with Gasteiger partial charge in [0.05, 0.1) is 5.92 Å². The minimum atomic E-state index is -0.930. The molecule has 0 aliphatic carbocycles. The van der Waals surface area contributed by atoms with Crippen LogP contribution in [0.4, 0.5) is 8.78 Å². The van der Waals surface area contributed by atoms with E-state index in [0.717, 1.165) is 12.1 Å². The van der Waals surface area contributed by atoms with Gasteiger partial charge in [-0.15, -0.1) is 0 Å². The normalized spacial score (nSPS) is 22.2. The maximum atomic E-state index is 13.9. The first-order valence-electron chi connectivity index (χ1n) is 6.56. The molecular formula is C14H15BrF2N2O2. The van der Waals surface area contributed by atoms with Crippen LogP contribution in [0.3, 0.4) is 0 Å². The van der Waals surface area contributed by atoms with E-state index in [-0.39, 0.29) is 17.1 Å². The predicted octanol–water partition coefficient (Wildman–Crippen LogP) is 2.45. The van der Waals surface area contributed by atoms with E-state index in [0.29, 0.717) is 12.8 Å². The number of hydrogen-bond acceptors (Lipinski definition) is 2. The Labute approximate surface area is 129 Å². The van der Waals surface area contributed by atoms with Crippen LogP contribution in [-0.2, 0) is 4.79 Å². The van der Waals surface area contributed by atoms with Crippen molar-refractivity contribution in [1.82, 2.24) is 4.90 Å². The molecule has 2 N–H and O–H groups in total. The molecule has 1 aromatic carbocycles. The topological polar surface area (TPSA) is 63.4 Å². The highest BCUT2D eigenvalue weighted by Gasteiger charge is 2.34. The average Bonchev–Trinajstić information content (AvgIpc) is 2.37. The molecule has 2 rings (SSSR count). The Morgan fingerprint density at radius 3 is 2.38 bits per heavy atom. The van der Waals surface area contributed by atoms with Crippen molar-refractivity contribution in [1.29, 1.82) is 0 Å². The summed E-state index contributed by atoms with van der Waals surface area (Å²) in [4.78, 5) is 25.0. The summed E-state index contributed by atoms with van der Waals surface area (Å²) in [6, 6.07) is 1.88. The second-order valence-corrected chi connectivity index (χ2v) is 6.14. The molecule has 1 fully saturated rings. The van der Waals surface area contributed by atoms with Crippen molar-refractivity contribution in [2.75, 3.05) is 6.54 Å². The summed E-state index contributed by atoms with van der Waals surface area (Å²) in [7, 11) is 0. The van der Waals surface area contributed by atoms with Crippen molar-refractivity contribution in [3.8, 4) is 0 Å². The van der Waals surface area contributed by atoms with Crippen molar-refractivity contribution in [3.63, 3.8) is 0 Å². The lowest BCUT2D eigenvalue weighted by Crippen LogP contribution is -2.49. The molecule has 0 radical (unpaired) electrons. The molecule has 2 unspecified atom stereocenters. The summed E-state index contributed by atoms with van der Waals surface area (Å²) in [5, 5.41) is 0. The van der Waals surface area contributed by atoms with Crippen LogP contribution in [0.2, 0.25) is 0 Å². The molecule has 1 heterocycles. The van der Waals surface area contributed by atoms with Crippen molar-refractivity contribution in [3.05, 3.63) is 33.8 Å². The summed E-state index contributed by atoms with van der Waals surface area (Å²) in [5.41, 5.74) is 4.66. The van der Waals surface area contributed by atoms with Crippen molar-refractivity contribution in [2.24, 2.45) is 11.7 Å². The third kappa shape index (κ3) is 3.23. The molecule has 0 spiro atoms. The number of benzene rings is 1. The lowest BCUT2D eigenvalue weighted by atomic mass is 9.92. The summed E-state index contributed by atoms with van der Waals surface area (Å²) in [6.45, 7) is 1.87. The number of primary amides is 1. The Hall–Kier alpha value is -1.50. The first-order chi connectivity index (χ1) is 9.81. The van der Waals surface area contributed by atoms with E-state index in [4.69, 9.17) is 5.73 Å². The van der Waals surface area contributed by atoms with Crippen LogP contribution >= 0.6 is 15.9 Å². The Bertz CT molecular complexity index is 571. The molecule has 1 saturated heterocycles. The number of carbonyl (C=O) groups is 2. The van der Waals surface area contributed by atoms with Gasteiger partial charge in [0.2, 0.25) is 5.91 Å². The molecule has 2 amide bonds. The van der Waals surface area contributed by atoms with Crippen LogP contribution < -0.4 is 5.73 Å². The smallest absolute Gasteiger partial charge is 0.260 e. The second kappa shape index (κ2) is 6.09. The van der Waals surface area contributed by atoms with E-state index >= 15 is 0 Å². The zero-order valence-electron chi connectivity index (χ0n) is 11.4. The molecule has 0 aromatic heterocycles. The molecule has 21 heavy (non-hydrogen) atoms. The first-order valence-corrected chi connectivity index (χ1v) is 7.35. The van der Waals surface area contributed by atoms with Crippen LogP contribution in [0, 0.1) is 17.6 Å². The molecule has 0 bridgehead atoms. The van der Waals surface area contributed by atoms with Gasteiger partial charge in [-0.25, -0.2) is 8.78 Å². The fraction of sp³-hybridized carbons (Fsp3) is 0.429. The van der Waals surface area contributed by atoms with E-state index in [2.05, 4.69) is 15.9 Å². The average molecular weight is 361 g/mol. The quantitative estimate of drug-likeness (QED) is 0.880. The lowest BCUT2D eigenvalue weighted by Gasteiger charge is -2.37. The van der Waals surface area contributed by atoms with E-state index in [1.54, 1.807) is 6.92 Å². The Balaban J connectivity index is 2.32. The Morgan fingerprint density at radius 1 is 1.29 bits per heavy atom. The van der Waals surface area contributed by atoms with Gasteiger partial charge in [0.25, 0.3) is 5.91 Å². The largest absolute Gasteiger partial charge is 0.369 e. The Kier molecular flexibility index (Phi) is 4.61. The highest BCUT2D eigenvalue weighted by atomic mass is 79.9. The number of piperidine rings is 1. The van der Waals surface area contributed by atoms with Crippen LogP contribution in [0.5, 0.6) is 0 Å². The minimum absolute atomic E-state index is 0.0876. The van der Waals surface area contributed by atoms with Gasteiger partial charge in [-0.2, -0.15) is 0 Å². The minimum Gasteiger partial charge on any atom is -0.369 e. The first kappa shape index (κ1) is 15.9. The number of halogens is 3. The molecule has 7 heteroatoms. The van der Waals surface area contributed by atoms with Crippen LogP contribution in [-0.4, -0.2) is 29.3 Å². The number of nitrogens with two attached hydrogens (primary N) is 1. The molecule has 1 aliphatic rings. The predicted molar refractivity (Wildman–Crippen MR) is 76.5 cm³/mol. The van der Waals surface area contributed by atoms with Crippen LogP contribution in [0.1, 0.15) is 30.1 Å². The molecule has 2 atom stereocenters. The number of amides is 2. The highest BCUT2D eigenvalue weighted by molar-refractivity contribution is 9.10. The van der Waals surface area contributed by atoms with Gasteiger partial charge in [-0.3, -0.25) is 9.59 Å². The molecular weight excluding hydrogens is 346 g/mol. The summed E-state index contributed by atoms with van der Waals surface area (Å²) < 4.78 is 28.0. The second-order valence-electron chi connectivity index (χ2n) is 5.23. The SMILES string of the molecule is CC1CCC(C(N)=O)CN1C(=O)c1c(F)cc(Br)cc1F. The monoisotopic (exact) mass is 360 g/mol. The van der Waals surface area contributed by atoms with Gasteiger partial charge in [0.1, 0.15) is 17.2 Å². The third-order valence-electron chi connectivity index (χ3n) is 3.77. The van der Waals surface area contributed by atoms with Crippen LogP contribution in [0.25, 0.3) is 0 Å². The van der Waals surface area contributed by atoms with Gasteiger partial charge in [0, 0.05) is 17.1 Å². The fourth-order valence-electron chi connectivity index (χ4n) is 2.51. The van der Waals surface area contributed by atoms with Crippen molar-refractivity contribution < 1.29 is 18.4 Å². The van der Waals surface area contributed by atoms with Gasteiger partial charge < -0.3 is 10.6 Å². The highest BCUT2D eigenvalue weighted by Crippen LogP contribution is 2.26. The standard InChI is InChI=1S/C14H15BrF2N2O2/c1-7-2-3-8(13(18)20)6-19(7)14(21)12-10(16)4-9(15)5-11(12)17/h4-5,7-8H,2-3,6H2,1H3,(H2,18,20). The maximum Gasteiger partial charge on any atom is 0.260 e. The summed E-state index contributed by atoms with van der Waals surface area (Å²) >= 11 is 2.97. The van der Waals surface area contributed by atoms with Gasteiger partial charge in [0.15, 0.2) is 0 Å². The number of nitrogens with zero attached hydrogens (tertiary/aromatic N) is 1. The van der Waals surface area contributed by atoms with Crippen LogP contribution in [0.15, 0.2) is 16.6 Å². The zero-order chi connectivity index (χ0) is 15.7. The molecule has 1 aromatic rings. The van der Waals surface area contributed by atoms with Gasteiger partial charge >= 0.3 is 0 Å². The molecule has 1 aliphatic heterocycles. The van der Waals surface area contributed by atoms with Gasteiger partial charge in [-0.1, -0.05) is 15.9 Å². The number of likely N-dealkylation sites (tertiary alicyclic amines) is 1. The third-order valence-corrected chi connectivity index (χ3v) is 4.22. The summed E-state index contributed by atoms with van der Waals surface area (Å²) in [6.07, 6.45) is 1.14. The van der Waals surface area contributed by atoms with E-state index in [1.165, 1.54) is 4.90 Å². The molecule has 114 valence electrons. The molecule has 4 nitrogen and oxygen atoms in total. The number of rotatable bonds is 2. The van der Waals surface area contributed by atoms with Gasteiger partial charge in [-0.05, 0) is 31.9 Å². The zero-order valence-corrected chi connectivity index (χ0v) is 13.0. The number of hydrogen-bond donors (Lipinski definition) is 1. The van der Waals surface area contributed by atoms with Crippen molar-refractivity contribution in [2.45, 2.75) is 25.8 Å². The lowest BCUT2D eigenvalue weighted by molar-refractivity contribution is -0.123. The maximum absolute atomic E-state index is 13.9. The Morgan fingerprint density at radius 2 is 1.86 bits per heavy atom. The summed E-state index contributed by atoms with van der Waals surface area (Å²) in [5.74, 6) is -3.60. The van der Waals surface area contributed by atoms with E-state index in [1.807, 2.05) is 0 Å². The fourth-order valence-corrected chi connectivity index (χ4v) is 2.91. The number of carbonyl (C=O) groups excluding carboxylic acids is 2. The van der Waals surface area contributed by atoms with E-state index in [9.17, 15) is 18.4 Å².